The largest absolute Gasteiger partial charge is 0.497 e. The molecule has 2 aliphatic heterocycles. The van der Waals surface area contributed by atoms with Crippen LogP contribution in [-0.4, -0.2) is 60.8 Å². The molecule has 0 N–H and O–H groups in total. The van der Waals surface area contributed by atoms with E-state index in [1.165, 1.54) is 0 Å². The SMILES string of the molecule is COc1ccc(-c2csc(CN3CCN(C(=O)/C=C/c4ccc5c(c4)OCO5)CC3)n2)cc1. The van der Waals surface area contributed by atoms with Crippen LogP contribution in [0.1, 0.15) is 10.6 Å². The Labute approximate surface area is 196 Å². The molecule has 1 aromatic heterocycles. The van der Waals surface area contributed by atoms with E-state index in [1.54, 1.807) is 24.5 Å². The summed E-state index contributed by atoms with van der Waals surface area (Å²) < 4.78 is 15.9. The predicted molar refractivity (Wildman–Crippen MR) is 128 cm³/mol. The van der Waals surface area contributed by atoms with Gasteiger partial charge >= 0.3 is 0 Å². The summed E-state index contributed by atoms with van der Waals surface area (Å²) in [5.74, 6) is 2.33. The zero-order valence-corrected chi connectivity index (χ0v) is 19.2. The van der Waals surface area contributed by atoms with Gasteiger partial charge in [0.25, 0.3) is 0 Å². The lowest BCUT2D eigenvalue weighted by molar-refractivity contribution is -0.127. The van der Waals surface area contributed by atoms with Crippen LogP contribution >= 0.6 is 11.3 Å². The van der Waals surface area contributed by atoms with Crippen LogP contribution in [0.5, 0.6) is 17.2 Å². The van der Waals surface area contributed by atoms with E-state index >= 15 is 0 Å². The van der Waals surface area contributed by atoms with E-state index < -0.39 is 0 Å². The molecule has 0 radical (unpaired) electrons. The van der Waals surface area contributed by atoms with Crippen molar-refractivity contribution in [2.45, 2.75) is 6.54 Å². The molecule has 8 heteroatoms. The van der Waals surface area contributed by atoms with Crippen molar-refractivity contribution >= 4 is 23.3 Å². The number of hydrogen-bond acceptors (Lipinski definition) is 7. The highest BCUT2D eigenvalue weighted by Gasteiger charge is 2.21. The molecular weight excluding hydrogens is 438 g/mol. The molecule has 170 valence electrons. The molecule has 0 bridgehead atoms. The molecule has 0 unspecified atom stereocenters. The van der Waals surface area contributed by atoms with Crippen molar-refractivity contribution in [3.63, 3.8) is 0 Å². The van der Waals surface area contributed by atoms with Crippen LogP contribution in [-0.2, 0) is 11.3 Å². The molecule has 1 fully saturated rings. The Balaban J connectivity index is 1.12. The minimum atomic E-state index is 0.0309. The summed E-state index contributed by atoms with van der Waals surface area (Å²) in [6, 6.07) is 13.6. The van der Waals surface area contributed by atoms with E-state index in [0.29, 0.717) is 13.1 Å². The molecule has 1 amide bonds. The van der Waals surface area contributed by atoms with Crippen LogP contribution in [0.2, 0.25) is 0 Å². The minimum Gasteiger partial charge on any atom is -0.497 e. The monoisotopic (exact) mass is 463 g/mol. The maximum atomic E-state index is 12.6. The maximum absolute atomic E-state index is 12.6. The number of nitrogens with zero attached hydrogens (tertiary/aromatic N) is 3. The standard InChI is InChI=1S/C25H25N3O4S/c1-30-20-6-4-19(5-7-20)21-16-33-24(26-21)15-27-10-12-28(13-11-27)25(29)9-3-18-2-8-22-23(14-18)32-17-31-22/h2-9,14,16H,10-13,15,17H2,1H3/b9-3+. The van der Waals surface area contributed by atoms with Crippen molar-refractivity contribution in [2.75, 3.05) is 40.1 Å². The van der Waals surface area contributed by atoms with Crippen molar-refractivity contribution in [3.8, 4) is 28.5 Å². The summed E-state index contributed by atoms with van der Waals surface area (Å²) in [6.45, 7) is 4.13. The first-order valence-corrected chi connectivity index (χ1v) is 11.7. The van der Waals surface area contributed by atoms with Crippen molar-refractivity contribution in [1.82, 2.24) is 14.8 Å². The Bertz CT molecular complexity index is 1150. The van der Waals surface area contributed by atoms with Gasteiger partial charge in [0.15, 0.2) is 11.5 Å². The topological polar surface area (TPSA) is 64.1 Å². The van der Waals surface area contributed by atoms with Crippen molar-refractivity contribution in [3.05, 3.63) is 64.5 Å². The average Bonchev–Trinajstić information content (AvgIpc) is 3.52. The lowest BCUT2D eigenvalue weighted by atomic mass is 10.2. The van der Waals surface area contributed by atoms with Crippen LogP contribution in [0.3, 0.4) is 0 Å². The second-order valence-corrected chi connectivity index (χ2v) is 8.85. The van der Waals surface area contributed by atoms with Gasteiger partial charge in [-0.1, -0.05) is 6.07 Å². The number of benzene rings is 2. The normalized spacial score (nSPS) is 15.8. The minimum absolute atomic E-state index is 0.0309. The fourth-order valence-corrected chi connectivity index (χ4v) is 4.73. The number of carbonyl (C=O) groups is 1. The van der Waals surface area contributed by atoms with Gasteiger partial charge in [-0.05, 0) is 48.0 Å². The first-order valence-electron chi connectivity index (χ1n) is 10.9. The molecule has 2 aromatic carbocycles. The second kappa shape index (κ2) is 9.64. The van der Waals surface area contributed by atoms with Gasteiger partial charge in [0.2, 0.25) is 12.7 Å². The number of piperazine rings is 1. The van der Waals surface area contributed by atoms with E-state index in [-0.39, 0.29) is 12.7 Å². The van der Waals surface area contributed by atoms with Crippen molar-refractivity contribution < 1.29 is 19.0 Å². The number of amides is 1. The van der Waals surface area contributed by atoms with Crippen LogP contribution in [0.25, 0.3) is 17.3 Å². The highest BCUT2D eigenvalue weighted by atomic mass is 32.1. The first-order chi connectivity index (χ1) is 16.2. The van der Waals surface area contributed by atoms with Crippen LogP contribution in [0, 0.1) is 0 Å². The molecule has 0 saturated carbocycles. The molecular formula is C25H25N3O4S. The fourth-order valence-electron chi connectivity index (χ4n) is 3.89. The third-order valence-corrected chi connectivity index (χ3v) is 6.63. The smallest absolute Gasteiger partial charge is 0.246 e. The van der Waals surface area contributed by atoms with Crippen LogP contribution in [0.4, 0.5) is 0 Å². The molecule has 3 heterocycles. The van der Waals surface area contributed by atoms with Gasteiger partial charge in [0.1, 0.15) is 10.8 Å². The Morgan fingerprint density at radius 1 is 1.09 bits per heavy atom. The van der Waals surface area contributed by atoms with Gasteiger partial charge in [-0.15, -0.1) is 11.3 Å². The predicted octanol–water partition coefficient (Wildman–Crippen LogP) is 3.91. The van der Waals surface area contributed by atoms with E-state index in [4.69, 9.17) is 19.2 Å². The fraction of sp³-hybridized carbons (Fsp3) is 0.280. The van der Waals surface area contributed by atoms with Crippen LogP contribution < -0.4 is 14.2 Å². The Morgan fingerprint density at radius 3 is 2.67 bits per heavy atom. The van der Waals surface area contributed by atoms with Gasteiger partial charge in [-0.3, -0.25) is 9.69 Å². The molecule has 2 aliphatic rings. The molecule has 5 rings (SSSR count). The van der Waals surface area contributed by atoms with Crippen molar-refractivity contribution in [2.24, 2.45) is 0 Å². The van der Waals surface area contributed by atoms with E-state index in [0.717, 1.165) is 58.7 Å². The number of fused-ring (bicyclic) bond motifs is 1. The third kappa shape index (κ3) is 5.02. The summed E-state index contributed by atoms with van der Waals surface area (Å²) in [4.78, 5) is 21.7. The van der Waals surface area contributed by atoms with Gasteiger partial charge in [-0.2, -0.15) is 0 Å². The van der Waals surface area contributed by atoms with Crippen molar-refractivity contribution in [1.29, 1.82) is 0 Å². The number of ether oxygens (including phenoxy) is 3. The second-order valence-electron chi connectivity index (χ2n) is 7.90. The van der Waals surface area contributed by atoms with E-state index in [9.17, 15) is 4.79 Å². The zero-order chi connectivity index (χ0) is 22.6. The molecule has 0 atom stereocenters. The number of carbonyl (C=O) groups excluding carboxylic acids is 1. The lowest BCUT2D eigenvalue weighted by Crippen LogP contribution is -2.47. The lowest BCUT2D eigenvalue weighted by Gasteiger charge is -2.33. The highest BCUT2D eigenvalue weighted by Crippen LogP contribution is 2.32. The summed E-state index contributed by atoms with van der Waals surface area (Å²) >= 11 is 1.67. The number of hydrogen-bond donors (Lipinski definition) is 0. The average molecular weight is 464 g/mol. The highest BCUT2D eigenvalue weighted by molar-refractivity contribution is 7.09. The number of aromatic nitrogens is 1. The van der Waals surface area contributed by atoms with Gasteiger partial charge in [0.05, 0.1) is 19.3 Å². The maximum Gasteiger partial charge on any atom is 0.246 e. The zero-order valence-electron chi connectivity index (χ0n) is 18.4. The van der Waals surface area contributed by atoms with E-state index in [2.05, 4.69) is 10.3 Å². The Morgan fingerprint density at radius 2 is 1.88 bits per heavy atom. The molecule has 3 aromatic rings. The molecule has 7 nitrogen and oxygen atoms in total. The summed E-state index contributed by atoms with van der Waals surface area (Å²) in [5, 5.41) is 3.18. The number of thiazole rings is 1. The number of methoxy groups -OCH3 is 1. The number of rotatable bonds is 6. The quantitative estimate of drug-likeness (QED) is 0.517. The van der Waals surface area contributed by atoms with Gasteiger partial charge in [-0.25, -0.2) is 4.98 Å². The Hall–Kier alpha value is -3.36. The van der Waals surface area contributed by atoms with Crippen LogP contribution in [0.15, 0.2) is 53.9 Å². The first kappa shape index (κ1) is 21.5. The van der Waals surface area contributed by atoms with E-state index in [1.807, 2.05) is 53.4 Å². The Kier molecular flexibility index (Phi) is 6.28. The molecule has 1 saturated heterocycles. The van der Waals surface area contributed by atoms with Gasteiger partial charge in [0, 0.05) is 43.2 Å². The molecule has 0 spiro atoms. The summed E-state index contributed by atoms with van der Waals surface area (Å²) in [5.41, 5.74) is 2.99. The van der Waals surface area contributed by atoms with Gasteiger partial charge < -0.3 is 19.1 Å². The third-order valence-electron chi connectivity index (χ3n) is 5.80. The molecule has 0 aliphatic carbocycles. The summed E-state index contributed by atoms with van der Waals surface area (Å²) in [7, 11) is 1.67. The summed E-state index contributed by atoms with van der Waals surface area (Å²) in [6.07, 6.45) is 3.46. The molecule has 33 heavy (non-hydrogen) atoms.